The normalized spacial score (nSPS) is 10.9. The molecule has 1 rings (SSSR count). The van der Waals surface area contributed by atoms with Crippen LogP contribution in [0.15, 0.2) is 30.3 Å². The quantitative estimate of drug-likeness (QED) is 0.754. The Morgan fingerprint density at radius 1 is 1.24 bits per heavy atom. The predicted molar refractivity (Wildman–Crippen MR) is 67.6 cm³/mol. The zero-order chi connectivity index (χ0) is 12.7. The molecule has 1 amide bonds. The van der Waals surface area contributed by atoms with Gasteiger partial charge in [-0.2, -0.15) is 0 Å². The number of rotatable bonds is 6. The summed E-state index contributed by atoms with van der Waals surface area (Å²) in [5.74, 6) is -0.752. The topological polar surface area (TPSA) is 75.3 Å². The van der Waals surface area contributed by atoms with E-state index in [1.54, 1.807) is 30.3 Å². The second-order valence-corrected chi connectivity index (χ2v) is 5.38. The number of carbonyl (C=O) groups is 1. The summed E-state index contributed by atoms with van der Waals surface area (Å²) in [4.78, 5) is 10.8. The number of para-hydroxylation sites is 1. The molecule has 5 nitrogen and oxygen atoms in total. The van der Waals surface area contributed by atoms with Gasteiger partial charge in [0.15, 0.2) is 0 Å². The second kappa shape index (κ2) is 6.46. The number of nitrogens with one attached hydrogen (secondary N) is 2. The van der Waals surface area contributed by atoms with Gasteiger partial charge in [-0.25, -0.2) is 8.42 Å². The molecule has 0 bridgehead atoms. The molecule has 0 fully saturated rings. The van der Waals surface area contributed by atoms with Gasteiger partial charge in [0.25, 0.3) is 0 Å². The molecule has 0 unspecified atom stereocenters. The minimum atomic E-state index is -3.45. The standard InChI is InChI=1S/C10H13ClN2O3S/c11-8-10(14)12-6-7-17(15,16)13-9-4-2-1-3-5-9/h1-5,13H,6-8H2,(H,12,14). The lowest BCUT2D eigenvalue weighted by atomic mass is 10.3. The van der Waals surface area contributed by atoms with Gasteiger partial charge < -0.3 is 5.32 Å². The number of hydrogen-bond acceptors (Lipinski definition) is 3. The first kappa shape index (κ1) is 13.8. The number of alkyl halides is 1. The molecule has 0 aliphatic rings. The Kier molecular flexibility index (Phi) is 5.24. The molecule has 94 valence electrons. The zero-order valence-electron chi connectivity index (χ0n) is 9.02. The van der Waals surface area contributed by atoms with Crippen LogP contribution in [0, 0.1) is 0 Å². The Morgan fingerprint density at radius 2 is 1.88 bits per heavy atom. The summed E-state index contributed by atoms with van der Waals surface area (Å²) in [5.41, 5.74) is 0.496. The molecule has 1 aromatic rings. The van der Waals surface area contributed by atoms with Crippen LogP contribution in [0.4, 0.5) is 5.69 Å². The van der Waals surface area contributed by atoms with E-state index >= 15 is 0 Å². The first-order valence-corrected chi connectivity index (χ1v) is 7.10. The van der Waals surface area contributed by atoms with Gasteiger partial charge in [0.05, 0.1) is 5.75 Å². The van der Waals surface area contributed by atoms with E-state index in [0.29, 0.717) is 5.69 Å². The highest BCUT2D eigenvalue weighted by molar-refractivity contribution is 7.92. The van der Waals surface area contributed by atoms with Gasteiger partial charge in [-0.05, 0) is 12.1 Å². The molecule has 7 heteroatoms. The van der Waals surface area contributed by atoms with Crippen LogP contribution >= 0.6 is 11.6 Å². The molecule has 0 spiro atoms. The number of hydrogen-bond donors (Lipinski definition) is 2. The third-order valence-electron chi connectivity index (χ3n) is 1.86. The molecular weight excluding hydrogens is 264 g/mol. The molecule has 2 N–H and O–H groups in total. The molecule has 0 saturated carbocycles. The molecule has 0 aliphatic carbocycles. The van der Waals surface area contributed by atoms with Gasteiger partial charge >= 0.3 is 0 Å². The van der Waals surface area contributed by atoms with E-state index in [9.17, 15) is 13.2 Å². The summed E-state index contributed by atoms with van der Waals surface area (Å²) in [6.07, 6.45) is 0. The number of anilines is 1. The zero-order valence-corrected chi connectivity index (χ0v) is 10.6. The van der Waals surface area contributed by atoms with Crippen LogP contribution < -0.4 is 10.0 Å². The summed E-state index contributed by atoms with van der Waals surface area (Å²) in [6.45, 7) is 0.0354. The maximum absolute atomic E-state index is 11.6. The van der Waals surface area contributed by atoms with Crippen molar-refractivity contribution >= 4 is 33.2 Å². The van der Waals surface area contributed by atoms with Crippen molar-refractivity contribution in [1.29, 1.82) is 0 Å². The SMILES string of the molecule is O=C(CCl)NCCS(=O)(=O)Nc1ccccc1. The van der Waals surface area contributed by atoms with Gasteiger partial charge in [0.2, 0.25) is 15.9 Å². The van der Waals surface area contributed by atoms with Crippen molar-refractivity contribution in [2.24, 2.45) is 0 Å². The monoisotopic (exact) mass is 276 g/mol. The van der Waals surface area contributed by atoms with E-state index in [4.69, 9.17) is 11.6 Å². The summed E-state index contributed by atoms with van der Waals surface area (Å²) in [5, 5.41) is 2.38. The fourth-order valence-corrected chi connectivity index (χ4v) is 2.17. The average molecular weight is 277 g/mol. The Hall–Kier alpha value is -1.27. The number of halogens is 1. The van der Waals surface area contributed by atoms with Crippen molar-refractivity contribution in [1.82, 2.24) is 5.32 Å². The minimum Gasteiger partial charge on any atom is -0.354 e. The maximum atomic E-state index is 11.6. The molecule has 0 atom stereocenters. The highest BCUT2D eigenvalue weighted by Gasteiger charge is 2.10. The number of benzene rings is 1. The Bertz CT molecular complexity index is 462. The Balaban J connectivity index is 2.44. The van der Waals surface area contributed by atoms with E-state index in [2.05, 4.69) is 10.0 Å². The molecule has 0 saturated heterocycles. The van der Waals surface area contributed by atoms with Crippen molar-refractivity contribution < 1.29 is 13.2 Å². The summed E-state index contributed by atoms with van der Waals surface area (Å²) in [6, 6.07) is 8.54. The van der Waals surface area contributed by atoms with Crippen LogP contribution in [0.2, 0.25) is 0 Å². The van der Waals surface area contributed by atoms with Gasteiger partial charge in [-0.1, -0.05) is 18.2 Å². The summed E-state index contributed by atoms with van der Waals surface area (Å²) in [7, 11) is -3.45. The minimum absolute atomic E-state index is 0.0354. The Morgan fingerprint density at radius 3 is 2.47 bits per heavy atom. The molecule has 0 radical (unpaired) electrons. The Labute approximate surface area is 105 Å². The third kappa shape index (κ3) is 5.55. The van der Waals surface area contributed by atoms with E-state index < -0.39 is 10.0 Å². The van der Waals surface area contributed by atoms with E-state index in [1.807, 2.05) is 0 Å². The molecule has 0 heterocycles. The fourth-order valence-electron chi connectivity index (χ4n) is 1.11. The van der Waals surface area contributed by atoms with Crippen LogP contribution in [-0.2, 0) is 14.8 Å². The summed E-state index contributed by atoms with van der Waals surface area (Å²) >= 11 is 5.25. The van der Waals surface area contributed by atoms with Crippen molar-refractivity contribution in [2.75, 3.05) is 22.9 Å². The lowest BCUT2D eigenvalue weighted by molar-refractivity contribution is -0.118. The van der Waals surface area contributed by atoms with Crippen LogP contribution in [0.1, 0.15) is 0 Å². The van der Waals surface area contributed by atoms with Crippen LogP contribution in [0.3, 0.4) is 0 Å². The molecule has 0 aromatic heterocycles. The van der Waals surface area contributed by atoms with Crippen LogP contribution in [0.25, 0.3) is 0 Å². The lowest BCUT2D eigenvalue weighted by Crippen LogP contribution is -2.31. The molecule has 17 heavy (non-hydrogen) atoms. The fraction of sp³-hybridized carbons (Fsp3) is 0.300. The second-order valence-electron chi connectivity index (χ2n) is 3.27. The van der Waals surface area contributed by atoms with Crippen LogP contribution in [-0.4, -0.2) is 32.5 Å². The van der Waals surface area contributed by atoms with Gasteiger partial charge in [0.1, 0.15) is 5.88 Å². The van der Waals surface area contributed by atoms with E-state index in [0.717, 1.165) is 0 Å². The predicted octanol–water partition coefficient (Wildman–Crippen LogP) is 0.783. The maximum Gasteiger partial charge on any atom is 0.234 e. The number of amides is 1. The first-order valence-electron chi connectivity index (χ1n) is 4.92. The first-order chi connectivity index (χ1) is 8.03. The van der Waals surface area contributed by atoms with Crippen molar-refractivity contribution in [3.63, 3.8) is 0 Å². The average Bonchev–Trinajstić information content (AvgIpc) is 2.29. The highest BCUT2D eigenvalue weighted by Crippen LogP contribution is 2.07. The van der Waals surface area contributed by atoms with Crippen molar-refractivity contribution in [3.8, 4) is 0 Å². The lowest BCUT2D eigenvalue weighted by Gasteiger charge is -2.08. The van der Waals surface area contributed by atoms with Gasteiger partial charge in [-0.3, -0.25) is 9.52 Å². The van der Waals surface area contributed by atoms with Crippen molar-refractivity contribution in [3.05, 3.63) is 30.3 Å². The van der Waals surface area contributed by atoms with E-state index in [1.165, 1.54) is 0 Å². The number of carbonyl (C=O) groups excluding carboxylic acids is 1. The molecular formula is C10H13ClN2O3S. The van der Waals surface area contributed by atoms with Gasteiger partial charge in [0, 0.05) is 12.2 Å². The number of sulfonamides is 1. The largest absolute Gasteiger partial charge is 0.354 e. The smallest absolute Gasteiger partial charge is 0.234 e. The highest BCUT2D eigenvalue weighted by atomic mass is 35.5. The van der Waals surface area contributed by atoms with Crippen LogP contribution in [0.5, 0.6) is 0 Å². The molecule has 1 aromatic carbocycles. The summed E-state index contributed by atoms with van der Waals surface area (Å²) < 4.78 is 25.5. The third-order valence-corrected chi connectivity index (χ3v) is 3.39. The van der Waals surface area contributed by atoms with E-state index in [-0.39, 0.29) is 24.1 Å². The van der Waals surface area contributed by atoms with Crippen molar-refractivity contribution in [2.45, 2.75) is 0 Å². The van der Waals surface area contributed by atoms with Gasteiger partial charge in [-0.15, -0.1) is 11.6 Å². The molecule has 0 aliphatic heterocycles.